The predicted molar refractivity (Wildman–Crippen MR) is 125 cm³/mol. The van der Waals surface area contributed by atoms with Crippen molar-refractivity contribution < 1.29 is 14.3 Å². The molecule has 5 nitrogen and oxygen atoms in total. The number of rotatable bonds is 9. The molecule has 0 bridgehead atoms. The van der Waals surface area contributed by atoms with Gasteiger partial charge in [-0.15, -0.1) is 0 Å². The highest BCUT2D eigenvalue weighted by atomic mass is 16.5. The van der Waals surface area contributed by atoms with E-state index in [9.17, 15) is 4.79 Å². The summed E-state index contributed by atoms with van der Waals surface area (Å²) in [5.41, 5.74) is 2.46. The van der Waals surface area contributed by atoms with Crippen LogP contribution >= 0.6 is 0 Å². The van der Waals surface area contributed by atoms with Crippen LogP contribution in [0.5, 0.6) is 11.5 Å². The second-order valence-corrected chi connectivity index (χ2v) is 8.56. The lowest BCUT2D eigenvalue weighted by molar-refractivity contribution is -0.123. The highest BCUT2D eigenvalue weighted by molar-refractivity contribution is 5.77. The molecule has 168 valence electrons. The summed E-state index contributed by atoms with van der Waals surface area (Å²) in [5, 5.41) is 3.09. The molecule has 1 heterocycles. The van der Waals surface area contributed by atoms with E-state index in [-0.39, 0.29) is 18.6 Å². The Morgan fingerprint density at radius 3 is 2.06 bits per heavy atom. The van der Waals surface area contributed by atoms with Gasteiger partial charge in [-0.3, -0.25) is 9.69 Å². The molecule has 1 atom stereocenters. The second kappa shape index (κ2) is 11.8. The van der Waals surface area contributed by atoms with E-state index in [4.69, 9.17) is 9.47 Å². The van der Waals surface area contributed by atoms with E-state index >= 15 is 0 Å². The van der Waals surface area contributed by atoms with E-state index < -0.39 is 0 Å². The topological polar surface area (TPSA) is 50.8 Å². The van der Waals surface area contributed by atoms with Crippen molar-refractivity contribution in [1.82, 2.24) is 10.2 Å². The maximum Gasteiger partial charge on any atom is 0.258 e. The molecule has 2 aromatic carbocycles. The van der Waals surface area contributed by atoms with E-state index in [2.05, 4.69) is 48.3 Å². The van der Waals surface area contributed by atoms with Crippen molar-refractivity contribution >= 4 is 5.91 Å². The molecule has 1 amide bonds. The molecule has 1 fully saturated rings. The highest BCUT2D eigenvalue weighted by Crippen LogP contribution is 2.25. The third-order valence-electron chi connectivity index (χ3n) is 5.99. The molecule has 5 heteroatoms. The van der Waals surface area contributed by atoms with Crippen molar-refractivity contribution in [3.8, 4) is 11.5 Å². The fourth-order valence-corrected chi connectivity index (χ4v) is 4.05. The average molecular weight is 425 g/mol. The van der Waals surface area contributed by atoms with Crippen molar-refractivity contribution in [3.63, 3.8) is 0 Å². The summed E-state index contributed by atoms with van der Waals surface area (Å²) in [6.07, 6.45) is 4.97. The molecule has 0 aromatic heterocycles. The summed E-state index contributed by atoms with van der Waals surface area (Å²) in [7, 11) is 1.68. The number of nitrogens with one attached hydrogen (secondary N) is 1. The third kappa shape index (κ3) is 7.00. The molecular formula is C26H36N2O3. The Kier molecular flexibility index (Phi) is 8.77. The molecular weight excluding hydrogens is 388 g/mol. The van der Waals surface area contributed by atoms with Crippen molar-refractivity contribution in [2.24, 2.45) is 0 Å². The van der Waals surface area contributed by atoms with Crippen LogP contribution in [0, 0.1) is 0 Å². The molecule has 3 rings (SSSR count). The third-order valence-corrected chi connectivity index (χ3v) is 5.99. The van der Waals surface area contributed by atoms with E-state index in [1.165, 1.54) is 36.8 Å². The van der Waals surface area contributed by atoms with Gasteiger partial charge in [0, 0.05) is 6.54 Å². The zero-order chi connectivity index (χ0) is 22.1. The molecule has 31 heavy (non-hydrogen) atoms. The predicted octanol–water partition coefficient (Wildman–Crippen LogP) is 4.93. The van der Waals surface area contributed by atoms with Crippen LogP contribution in [0.25, 0.3) is 0 Å². The molecule has 0 unspecified atom stereocenters. The van der Waals surface area contributed by atoms with Crippen molar-refractivity contribution in [2.75, 3.05) is 33.4 Å². The van der Waals surface area contributed by atoms with Gasteiger partial charge in [-0.1, -0.05) is 51.0 Å². The van der Waals surface area contributed by atoms with E-state index in [0.717, 1.165) is 24.6 Å². The summed E-state index contributed by atoms with van der Waals surface area (Å²) in [4.78, 5) is 15.0. The zero-order valence-electron chi connectivity index (χ0n) is 19.1. The first-order chi connectivity index (χ1) is 15.1. The monoisotopic (exact) mass is 424 g/mol. The van der Waals surface area contributed by atoms with Gasteiger partial charge >= 0.3 is 0 Å². The lowest BCUT2D eigenvalue weighted by atomic mass is 10.0. The SMILES string of the molecule is COc1ccc([C@@H](CNC(=O)COc2ccc(C(C)C)cc2)N2CCCCCC2)cc1. The number of ether oxygens (including phenoxy) is 2. The Labute approximate surface area is 186 Å². The van der Waals surface area contributed by atoms with Crippen LogP contribution < -0.4 is 14.8 Å². The minimum atomic E-state index is -0.0960. The normalized spacial score (nSPS) is 15.9. The number of hydrogen-bond acceptors (Lipinski definition) is 4. The highest BCUT2D eigenvalue weighted by Gasteiger charge is 2.22. The van der Waals surface area contributed by atoms with E-state index in [0.29, 0.717) is 12.5 Å². The Hall–Kier alpha value is -2.53. The standard InChI is InChI=1S/C26H36N2O3/c1-20(2)21-8-14-24(15-9-21)31-19-26(29)27-18-25(28-16-6-4-5-7-17-28)22-10-12-23(30-3)13-11-22/h8-15,20,25H,4-7,16-19H2,1-3H3,(H,27,29)/t25-/m1/s1. The maximum absolute atomic E-state index is 12.5. The number of carbonyl (C=O) groups excluding carboxylic acids is 1. The van der Waals surface area contributed by atoms with Crippen LogP contribution in [0.2, 0.25) is 0 Å². The summed E-state index contributed by atoms with van der Waals surface area (Å²) in [5.74, 6) is 1.95. The van der Waals surface area contributed by atoms with Gasteiger partial charge in [0.1, 0.15) is 11.5 Å². The van der Waals surface area contributed by atoms with Crippen LogP contribution in [0.3, 0.4) is 0 Å². The lowest BCUT2D eigenvalue weighted by Gasteiger charge is -2.31. The van der Waals surface area contributed by atoms with Crippen LogP contribution in [0.1, 0.15) is 62.6 Å². The maximum atomic E-state index is 12.5. The number of carbonyl (C=O) groups is 1. The molecule has 0 spiro atoms. The zero-order valence-corrected chi connectivity index (χ0v) is 19.1. The van der Waals surface area contributed by atoms with E-state index in [1.54, 1.807) is 7.11 Å². The quantitative estimate of drug-likeness (QED) is 0.620. The number of benzene rings is 2. The summed E-state index contributed by atoms with van der Waals surface area (Å²) < 4.78 is 11.0. The molecule has 0 aliphatic carbocycles. The Morgan fingerprint density at radius 2 is 1.48 bits per heavy atom. The Bertz CT molecular complexity index is 794. The fraction of sp³-hybridized carbons (Fsp3) is 0.500. The smallest absolute Gasteiger partial charge is 0.258 e. The van der Waals surface area contributed by atoms with Crippen molar-refractivity contribution in [3.05, 3.63) is 59.7 Å². The van der Waals surface area contributed by atoms with Crippen LogP contribution in [-0.2, 0) is 4.79 Å². The van der Waals surface area contributed by atoms with Crippen molar-refractivity contribution in [2.45, 2.75) is 51.5 Å². The van der Waals surface area contributed by atoms with Gasteiger partial charge < -0.3 is 14.8 Å². The largest absolute Gasteiger partial charge is 0.497 e. The van der Waals surface area contributed by atoms with Crippen LogP contribution in [0.4, 0.5) is 0 Å². The Balaban J connectivity index is 1.58. The molecule has 1 saturated heterocycles. The lowest BCUT2D eigenvalue weighted by Crippen LogP contribution is -2.40. The molecule has 2 aromatic rings. The summed E-state index contributed by atoms with van der Waals surface area (Å²) in [6.45, 7) is 7.04. The minimum Gasteiger partial charge on any atom is -0.497 e. The fourth-order valence-electron chi connectivity index (χ4n) is 4.05. The van der Waals surface area contributed by atoms with Gasteiger partial charge in [-0.2, -0.15) is 0 Å². The van der Waals surface area contributed by atoms with Crippen LogP contribution in [-0.4, -0.2) is 44.2 Å². The minimum absolute atomic E-state index is 0.0242. The number of methoxy groups -OCH3 is 1. The Morgan fingerprint density at radius 1 is 0.903 bits per heavy atom. The number of amides is 1. The summed E-state index contributed by atoms with van der Waals surface area (Å²) in [6, 6.07) is 16.3. The van der Waals surface area contributed by atoms with Gasteiger partial charge in [0.2, 0.25) is 0 Å². The number of hydrogen-bond donors (Lipinski definition) is 1. The number of nitrogens with zero attached hydrogens (tertiary/aromatic N) is 1. The second-order valence-electron chi connectivity index (χ2n) is 8.56. The first-order valence-corrected chi connectivity index (χ1v) is 11.4. The number of likely N-dealkylation sites (tertiary alicyclic amines) is 1. The molecule has 0 radical (unpaired) electrons. The van der Waals surface area contributed by atoms with Gasteiger partial charge in [-0.05, 0) is 67.2 Å². The first-order valence-electron chi connectivity index (χ1n) is 11.4. The average Bonchev–Trinajstić information content (AvgIpc) is 3.08. The molecule has 1 aliphatic heterocycles. The van der Waals surface area contributed by atoms with Gasteiger partial charge in [0.25, 0.3) is 5.91 Å². The summed E-state index contributed by atoms with van der Waals surface area (Å²) >= 11 is 0. The van der Waals surface area contributed by atoms with Gasteiger partial charge in [0.05, 0.1) is 13.2 Å². The van der Waals surface area contributed by atoms with Crippen LogP contribution in [0.15, 0.2) is 48.5 Å². The molecule has 0 saturated carbocycles. The van der Waals surface area contributed by atoms with E-state index in [1.807, 2.05) is 24.3 Å². The van der Waals surface area contributed by atoms with Crippen molar-refractivity contribution in [1.29, 1.82) is 0 Å². The molecule has 1 N–H and O–H groups in total. The van der Waals surface area contributed by atoms with Gasteiger partial charge in [-0.25, -0.2) is 0 Å². The molecule has 1 aliphatic rings. The van der Waals surface area contributed by atoms with Gasteiger partial charge in [0.15, 0.2) is 6.61 Å². The first kappa shape index (κ1) is 23.1.